The Balaban J connectivity index is 1.67. The van der Waals surface area contributed by atoms with Crippen molar-refractivity contribution < 1.29 is 14.6 Å². The number of aromatic amines is 1. The number of hydrogen-bond acceptors (Lipinski definition) is 5. The minimum absolute atomic E-state index is 0.00147. The lowest BCUT2D eigenvalue weighted by atomic mass is 10.2. The summed E-state index contributed by atoms with van der Waals surface area (Å²) in [6.45, 7) is 0.471. The Morgan fingerprint density at radius 1 is 1.00 bits per heavy atom. The molecule has 1 amide bonds. The van der Waals surface area contributed by atoms with Crippen molar-refractivity contribution in [2.24, 2.45) is 0 Å². The van der Waals surface area contributed by atoms with Gasteiger partial charge in [-0.2, -0.15) is 4.68 Å². The number of aromatic nitrogens is 3. The Morgan fingerprint density at radius 3 is 2.28 bits per heavy atom. The van der Waals surface area contributed by atoms with Crippen LogP contribution in [0.15, 0.2) is 88.7 Å². The summed E-state index contributed by atoms with van der Waals surface area (Å²) in [4.78, 5) is 39.6. The van der Waals surface area contributed by atoms with Crippen LogP contribution in [0, 0.1) is 0 Å². The highest BCUT2D eigenvalue weighted by molar-refractivity contribution is 5.98. The monoisotopic (exact) mass is 432 g/mol. The number of rotatable bonds is 7. The van der Waals surface area contributed by atoms with Crippen molar-refractivity contribution in [1.82, 2.24) is 14.2 Å². The van der Waals surface area contributed by atoms with E-state index in [1.54, 1.807) is 4.57 Å². The summed E-state index contributed by atoms with van der Waals surface area (Å²) in [5, 5.41) is 9.74. The van der Waals surface area contributed by atoms with Gasteiger partial charge in [-0.15, -0.1) is 0 Å². The number of amides is 1. The zero-order chi connectivity index (χ0) is 22.5. The average molecular weight is 432 g/mol. The highest BCUT2D eigenvalue weighted by Gasteiger charge is 2.17. The molecular formula is C23H20N4O5. The maximum atomic E-state index is 12.9. The van der Waals surface area contributed by atoms with Gasteiger partial charge >= 0.3 is 5.69 Å². The second kappa shape index (κ2) is 9.09. The Morgan fingerprint density at radius 2 is 1.66 bits per heavy atom. The third-order valence-electron chi connectivity index (χ3n) is 4.73. The highest BCUT2D eigenvalue weighted by atomic mass is 16.5. The normalized spacial score (nSPS) is 10.6. The number of nitrogens with zero attached hydrogens (tertiary/aromatic N) is 2. The third kappa shape index (κ3) is 4.62. The first-order valence-electron chi connectivity index (χ1n) is 9.77. The first-order chi connectivity index (χ1) is 15.5. The van der Waals surface area contributed by atoms with Crippen LogP contribution in [0.3, 0.4) is 0 Å². The molecule has 2 aromatic heterocycles. The van der Waals surface area contributed by atoms with E-state index >= 15 is 0 Å². The number of ether oxygens (including phenoxy) is 1. The van der Waals surface area contributed by atoms with Crippen molar-refractivity contribution in [2.45, 2.75) is 13.2 Å². The van der Waals surface area contributed by atoms with Crippen LogP contribution in [-0.4, -0.2) is 25.2 Å². The number of hydrogen-bond donors (Lipinski definition) is 3. The first kappa shape index (κ1) is 20.7. The molecule has 4 rings (SSSR count). The van der Waals surface area contributed by atoms with Crippen LogP contribution in [0.2, 0.25) is 0 Å². The molecule has 0 spiro atoms. The summed E-state index contributed by atoms with van der Waals surface area (Å²) >= 11 is 0. The molecule has 0 aliphatic heterocycles. The van der Waals surface area contributed by atoms with Crippen molar-refractivity contribution in [3.63, 3.8) is 0 Å². The van der Waals surface area contributed by atoms with Crippen LogP contribution in [-0.2, 0) is 13.2 Å². The van der Waals surface area contributed by atoms with Crippen molar-refractivity contribution in [1.29, 1.82) is 0 Å². The number of H-pyrrole nitrogens is 1. The molecule has 3 N–H and O–H groups in total. The zero-order valence-electron chi connectivity index (χ0n) is 16.9. The minimum atomic E-state index is -0.746. The van der Waals surface area contributed by atoms with E-state index in [0.717, 1.165) is 23.4 Å². The summed E-state index contributed by atoms with van der Waals surface area (Å²) in [5.74, 6) is -1.13. The lowest BCUT2D eigenvalue weighted by Gasteiger charge is -2.16. The molecule has 0 aliphatic rings. The average Bonchev–Trinajstić information content (AvgIpc) is 3.12. The van der Waals surface area contributed by atoms with Crippen LogP contribution in [0.1, 0.15) is 21.6 Å². The molecule has 4 aromatic rings. The van der Waals surface area contributed by atoms with Gasteiger partial charge in [0.15, 0.2) is 5.75 Å². The molecule has 2 heterocycles. The number of aromatic hydroxyl groups is 1. The van der Waals surface area contributed by atoms with E-state index in [1.807, 2.05) is 60.7 Å². The number of pyridine rings is 1. The zero-order valence-corrected chi connectivity index (χ0v) is 16.9. The maximum absolute atomic E-state index is 12.9. The summed E-state index contributed by atoms with van der Waals surface area (Å²) in [5.41, 5.74) is 2.86. The SMILES string of the molecule is O=C(Nn1c(O)c[nH]c1=O)c1cc(=O)c(OCc2ccccc2)cn1Cc1ccccc1. The van der Waals surface area contributed by atoms with E-state index in [4.69, 9.17) is 4.74 Å². The van der Waals surface area contributed by atoms with Crippen molar-refractivity contribution in [2.75, 3.05) is 5.43 Å². The Bertz CT molecular complexity index is 1340. The lowest BCUT2D eigenvalue weighted by molar-refractivity contribution is 0.0995. The molecule has 0 bridgehead atoms. The van der Waals surface area contributed by atoms with Crippen molar-refractivity contribution in [3.8, 4) is 11.6 Å². The van der Waals surface area contributed by atoms with Crippen LogP contribution < -0.4 is 21.3 Å². The fourth-order valence-corrected chi connectivity index (χ4v) is 3.13. The van der Waals surface area contributed by atoms with Gasteiger partial charge in [-0.25, -0.2) is 4.79 Å². The largest absolute Gasteiger partial charge is 0.492 e. The number of nitrogens with one attached hydrogen (secondary N) is 2. The second-order valence-corrected chi connectivity index (χ2v) is 7.00. The fraction of sp³-hybridized carbons (Fsp3) is 0.0870. The molecule has 0 unspecified atom stereocenters. The van der Waals surface area contributed by atoms with Gasteiger partial charge in [-0.05, 0) is 11.1 Å². The van der Waals surface area contributed by atoms with E-state index < -0.39 is 22.9 Å². The molecule has 2 aromatic carbocycles. The van der Waals surface area contributed by atoms with Gasteiger partial charge in [0.2, 0.25) is 11.3 Å². The predicted octanol–water partition coefficient (Wildman–Crippen LogP) is 2.05. The molecule has 0 fully saturated rings. The number of imidazole rings is 1. The Hall–Kier alpha value is -4.53. The van der Waals surface area contributed by atoms with Crippen molar-refractivity contribution >= 4 is 5.91 Å². The van der Waals surface area contributed by atoms with Gasteiger partial charge in [-0.1, -0.05) is 60.7 Å². The molecule has 0 saturated heterocycles. The second-order valence-electron chi connectivity index (χ2n) is 7.00. The van der Waals surface area contributed by atoms with E-state index in [0.29, 0.717) is 4.68 Å². The van der Waals surface area contributed by atoms with Gasteiger partial charge in [0, 0.05) is 12.6 Å². The molecule has 0 radical (unpaired) electrons. The maximum Gasteiger partial charge on any atom is 0.347 e. The Kier molecular flexibility index (Phi) is 5.89. The molecule has 0 atom stereocenters. The standard InChI is InChI=1S/C23H20N4O5/c28-19-11-18(22(30)25-27-21(29)12-24-23(27)31)26(13-16-7-3-1-4-8-16)14-20(19)32-15-17-9-5-2-6-10-17/h1-12,14,29H,13,15H2,(H,24,31)(H,25,30). The number of benzene rings is 2. The van der Waals surface area contributed by atoms with Crippen LogP contribution in [0.25, 0.3) is 0 Å². The van der Waals surface area contributed by atoms with Crippen LogP contribution in [0.5, 0.6) is 11.6 Å². The molecule has 32 heavy (non-hydrogen) atoms. The summed E-state index contributed by atoms with van der Waals surface area (Å²) in [6.07, 6.45) is 2.51. The van der Waals surface area contributed by atoms with Gasteiger partial charge < -0.3 is 19.4 Å². The third-order valence-corrected chi connectivity index (χ3v) is 4.73. The molecule has 0 aliphatic carbocycles. The van der Waals surface area contributed by atoms with E-state index in [-0.39, 0.29) is 24.6 Å². The molecule has 9 nitrogen and oxygen atoms in total. The van der Waals surface area contributed by atoms with Gasteiger partial charge in [-0.3, -0.25) is 15.0 Å². The van der Waals surface area contributed by atoms with Crippen molar-refractivity contribution in [3.05, 3.63) is 117 Å². The van der Waals surface area contributed by atoms with Crippen LogP contribution in [0.4, 0.5) is 0 Å². The highest BCUT2D eigenvalue weighted by Crippen LogP contribution is 2.13. The minimum Gasteiger partial charge on any atom is -0.492 e. The number of carbonyl (C=O) groups is 1. The Labute approximate surface area is 182 Å². The molecule has 0 saturated carbocycles. The van der Waals surface area contributed by atoms with E-state index in [9.17, 15) is 19.5 Å². The van der Waals surface area contributed by atoms with E-state index in [1.165, 1.54) is 6.20 Å². The molecule has 162 valence electrons. The van der Waals surface area contributed by atoms with Gasteiger partial charge in [0.05, 0.1) is 12.4 Å². The lowest BCUT2D eigenvalue weighted by Crippen LogP contribution is -2.33. The van der Waals surface area contributed by atoms with E-state index in [2.05, 4.69) is 10.4 Å². The molecular weight excluding hydrogens is 412 g/mol. The number of carbonyl (C=O) groups excluding carboxylic acids is 1. The first-order valence-corrected chi connectivity index (χ1v) is 9.77. The molecule has 9 heteroatoms. The van der Waals surface area contributed by atoms with Gasteiger partial charge in [0.1, 0.15) is 12.3 Å². The summed E-state index contributed by atoms with van der Waals surface area (Å²) in [6, 6.07) is 19.9. The quantitative estimate of drug-likeness (QED) is 0.413. The van der Waals surface area contributed by atoms with Crippen LogP contribution >= 0.6 is 0 Å². The summed E-state index contributed by atoms with van der Waals surface area (Å²) < 4.78 is 7.92. The fourth-order valence-electron chi connectivity index (χ4n) is 3.13. The predicted molar refractivity (Wildman–Crippen MR) is 117 cm³/mol. The van der Waals surface area contributed by atoms with Gasteiger partial charge in [0.25, 0.3) is 5.91 Å². The topological polar surface area (TPSA) is 118 Å². The smallest absolute Gasteiger partial charge is 0.347 e. The summed E-state index contributed by atoms with van der Waals surface area (Å²) in [7, 11) is 0.